The number of carbonyl (C=O) groups excluding carboxylic acids is 2. The Balaban J connectivity index is 1.75. The van der Waals surface area contributed by atoms with E-state index >= 15 is 0 Å². The van der Waals surface area contributed by atoms with Gasteiger partial charge in [-0.25, -0.2) is 9.78 Å². The van der Waals surface area contributed by atoms with Gasteiger partial charge in [0.25, 0.3) is 0 Å². The summed E-state index contributed by atoms with van der Waals surface area (Å²) in [4.78, 5) is 31.8. The van der Waals surface area contributed by atoms with Gasteiger partial charge in [0.15, 0.2) is 0 Å². The second kappa shape index (κ2) is 10.2. The summed E-state index contributed by atoms with van der Waals surface area (Å²) in [5.41, 5.74) is 7.09. The molecule has 3 aromatic rings. The highest BCUT2D eigenvalue weighted by Gasteiger charge is 2.41. The minimum absolute atomic E-state index is 0.266. The Morgan fingerprint density at radius 1 is 1.16 bits per heavy atom. The van der Waals surface area contributed by atoms with Gasteiger partial charge in [0.1, 0.15) is 5.82 Å². The van der Waals surface area contributed by atoms with Crippen molar-refractivity contribution in [2.75, 3.05) is 13.1 Å². The molecule has 2 heterocycles. The zero-order chi connectivity index (χ0) is 27.8. The van der Waals surface area contributed by atoms with Gasteiger partial charge in [0, 0.05) is 37.6 Å². The molecule has 0 bridgehead atoms. The van der Waals surface area contributed by atoms with E-state index in [1.807, 2.05) is 38.5 Å². The minimum Gasteiger partial charge on any atom is -0.366 e. The highest BCUT2D eigenvalue weighted by atomic mass is 19.4. The monoisotopic (exact) mass is 527 g/mol. The summed E-state index contributed by atoms with van der Waals surface area (Å²) in [6.07, 6.45) is -0.587. The second-order valence-electron chi connectivity index (χ2n) is 10.6. The third-order valence-electron chi connectivity index (χ3n) is 6.94. The maximum atomic E-state index is 13.4. The number of imidazole rings is 1. The van der Waals surface area contributed by atoms with Crippen LogP contribution < -0.4 is 11.1 Å². The van der Waals surface area contributed by atoms with Crippen molar-refractivity contribution in [3.8, 4) is 11.1 Å². The molecule has 1 atom stereocenters. The van der Waals surface area contributed by atoms with Crippen LogP contribution in [0.15, 0.2) is 48.8 Å². The minimum atomic E-state index is -4.48. The van der Waals surface area contributed by atoms with E-state index in [1.165, 1.54) is 6.07 Å². The van der Waals surface area contributed by atoms with E-state index in [0.29, 0.717) is 42.7 Å². The first-order chi connectivity index (χ1) is 17.8. The van der Waals surface area contributed by atoms with Crippen LogP contribution in [-0.2, 0) is 19.1 Å². The molecule has 0 saturated heterocycles. The summed E-state index contributed by atoms with van der Waals surface area (Å²) in [6, 6.07) is 7.53. The number of rotatable bonds is 5. The topological polar surface area (TPSA) is 93.2 Å². The van der Waals surface area contributed by atoms with E-state index in [-0.39, 0.29) is 11.6 Å². The predicted octanol–water partition coefficient (Wildman–Crippen LogP) is 5.33. The summed E-state index contributed by atoms with van der Waals surface area (Å²) >= 11 is 0. The number of hydrogen-bond donors (Lipinski definition) is 2. The van der Waals surface area contributed by atoms with Crippen LogP contribution in [0.4, 0.5) is 18.0 Å². The number of aryl methyl sites for hydroxylation is 1. The van der Waals surface area contributed by atoms with Gasteiger partial charge in [-0.05, 0) is 59.2 Å². The number of nitrogens with zero attached hydrogens (tertiary/aromatic N) is 3. The first-order valence-electron chi connectivity index (χ1n) is 12.4. The molecular formula is C28H32F3N5O2. The molecule has 0 fully saturated rings. The molecule has 0 spiro atoms. The molecule has 1 aliphatic rings. The predicted molar refractivity (Wildman–Crippen MR) is 138 cm³/mol. The van der Waals surface area contributed by atoms with Crippen molar-refractivity contribution in [1.29, 1.82) is 0 Å². The largest absolute Gasteiger partial charge is 0.416 e. The zero-order valence-electron chi connectivity index (χ0n) is 21.9. The number of benzene rings is 2. The van der Waals surface area contributed by atoms with Crippen molar-refractivity contribution in [3.05, 3.63) is 76.9 Å². The van der Waals surface area contributed by atoms with Crippen molar-refractivity contribution >= 4 is 11.9 Å². The third kappa shape index (κ3) is 5.39. The van der Waals surface area contributed by atoms with Crippen molar-refractivity contribution in [1.82, 2.24) is 19.8 Å². The van der Waals surface area contributed by atoms with E-state index in [1.54, 1.807) is 29.3 Å². The molecule has 3 N–H and O–H groups in total. The van der Waals surface area contributed by atoms with Gasteiger partial charge in [-0.2, -0.15) is 13.2 Å². The van der Waals surface area contributed by atoms with Gasteiger partial charge in [0.2, 0.25) is 5.91 Å². The average Bonchev–Trinajstić information content (AvgIpc) is 3.25. The Kier molecular flexibility index (Phi) is 7.27. The molecule has 10 heteroatoms. The Morgan fingerprint density at radius 3 is 2.50 bits per heavy atom. The van der Waals surface area contributed by atoms with Gasteiger partial charge >= 0.3 is 12.2 Å². The van der Waals surface area contributed by atoms with E-state index in [4.69, 9.17) is 5.73 Å². The lowest BCUT2D eigenvalue weighted by molar-refractivity contribution is -0.137. The normalized spacial score (nSPS) is 15.8. The van der Waals surface area contributed by atoms with Crippen molar-refractivity contribution in [2.45, 2.75) is 52.9 Å². The number of carbonyl (C=O) groups is 2. The summed E-state index contributed by atoms with van der Waals surface area (Å²) in [5.74, 6) is 0.191. The Hall–Kier alpha value is -3.82. The first-order valence-corrected chi connectivity index (χ1v) is 12.4. The number of primary amides is 1. The number of nitrogens with two attached hydrogens (primary N) is 1. The summed E-state index contributed by atoms with van der Waals surface area (Å²) in [6.45, 7) is 9.03. The van der Waals surface area contributed by atoms with Crippen LogP contribution in [0.5, 0.6) is 0 Å². The van der Waals surface area contributed by atoms with E-state index in [0.717, 1.165) is 23.5 Å². The number of halogens is 3. The van der Waals surface area contributed by atoms with Crippen LogP contribution in [0.3, 0.4) is 0 Å². The molecule has 1 aliphatic heterocycles. The molecule has 1 aromatic heterocycles. The number of aromatic nitrogens is 2. The van der Waals surface area contributed by atoms with E-state index < -0.39 is 29.1 Å². The van der Waals surface area contributed by atoms with Crippen LogP contribution in [0, 0.1) is 12.3 Å². The van der Waals surface area contributed by atoms with Crippen LogP contribution >= 0.6 is 0 Å². The summed E-state index contributed by atoms with van der Waals surface area (Å²) < 4.78 is 42.3. The highest BCUT2D eigenvalue weighted by molar-refractivity contribution is 5.96. The number of nitrogens with one attached hydrogen (secondary N) is 1. The Bertz CT molecular complexity index is 1360. The Morgan fingerprint density at radius 2 is 1.89 bits per heavy atom. The lowest BCUT2D eigenvalue weighted by Crippen LogP contribution is -2.50. The maximum absolute atomic E-state index is 13.4. The molecule has 0 aliphatic carbocycles. The fourth-order valence-corrected chi connectivity index (χ4v) is 5.26. The van der Waals surface area contributed by atoms with Gasteiger partial charge < -0.3 is 20.5 Å². The van der Waals surface area contributed by atoms with E-state index in [9.17, 15) is 22.8 Å². The molecule has 0 radical (unpaired) electrons. The molecule has 1 unspecified atom stereocenters. The van der Waals surface area contributed by atoms with Crippen LogP contribution in [0.1, 0.15) is 59.7 Å². The average molecular weight is 528 g/mol. The molecule has 202 valence electrons. The number of amides is 3. The molecule has 2 aromatic carbocycles. The van der Waals surface area contributed by atoms with Gasteiger partial charge in [-0.15, -0.1) is 0 Å². The van der Waals surface area contributed by atoms with Gasteiger partial charge in [-0.3, -0.25) is 4.79 Å². The maximum Gasteiger partial charge on any atom is 0.416 e. The highest BCUT2D eigenvalue weighted by Crippen LogP contribution is 2.46. The fourth-order valence-electron chi connectivity index (χ4n) is 5.26. The Labute approximate surface area is 219 Å². The van der Waals surface area contributed by atoms with Crippen LogP contribution in [0.25, 0.3) is 11.1 Å². The van der Waals surface area contributed by atoms with E-state index in [2.05, 4.69) is 10.3 Å². The molecule has 3 amide bonds. The number of alkyl halides is 3. The van der Waals surface area contributed by atoms with Gasteiger partial charge in [-0.1, -0.05) is 39.0 Å². The van der Waals surface area contributed by atoms with Crippen molar-refractivity contribution in [3.63, 3.8) is 0 Å². The first kappa shape index (κ1) is 27.2. The SMILES string of the molecule is Cc1nccn1CCNC(=O)N1CCc2c(-c3cccc(C(F)(F)F)c3)ccc(C(N)=O)c2C1C(C)(C)C. The number of fused-ring (bicyclic) bond motifs is 1. The quantitative estimate of drug-likeness (QED) is 0.470. The smallest absolute Gasteiger partial charge is 0.366 e. The zero-order valence-corrected chi connectivity index (χ0v) is 21.9. The summed E-state index contributed by atoms with van der Waals surface area (Å²) in [7, 11) is 0. The van der Waals surface area contributed by atoms with Crippen LogP contribution in [0.2, 0.25) is 0 Å². The molecule has 0 saturated carbocycles. The van der Waals surface area contributed by atoms with Crippen molar-refractivity contribution < 1.29 is 22.8 Å². The van der Waals surface area contributed by atoms with Gasteiger partial charge in [0.05, 0.1) is 11.6 Å². The number of hydrogen-bond acceptors (Lipinski definition) is 3. The standard InChI is InChI=1S/C28H32F3N5O2/c1-17-33-11-14-35(17)15-12-34-26(38)36-13-10-21-20(18-6-5-7-19(16-18)28(29,30)31)8-9-22(25(32)37)23(21)24(36)27(2,3)4/h5-9,11,14,16,24H,10,12-13,15H2,1-4H3,(H2,32,37)(H,34,38). The van der Waals surface area contributed by atoms with Crippen molar-refractivity contribution in [2.24, 2.45) is 11.1 Å². The van der Waals surface area contributed by atoms with Crippen LogP contribution in [-0.4, -0.2) is 39.5 Å². The fraction of sp³-hybridized carbons (Fsp3) is 0.393. The summed E-state index contributed by atoms with van der Waals surface area (Å²) in [5, 5.41) is 2.97. The second-order valence-corrected chi connectivity index (χ2v) is 10.6. The number of urea groups is 1. The molecular weight excluding hydrogens is 495 g/mol. The molecule has 38 heavy (non-hydrogen) atoms. The lowest BCUT2D eigenvalue weighted by atomic mass is 9.73. The molecule has 4 rings (SSSR count). The lowest BCUT2D eigenvalue weighted by Gasteiger charge is -2.45. The molecule has 7 nitrogen and oxygen atoms in total. The third-order valence-corrected chi connectivity index (χ3v) is 6.94.